The topological polar surface area (TPSA) is 26.3 Å². The molecule has 0 rings (SSSR count). The van der Waals surface area contributed by atoms with Gasteiger partial charge in [-0.2, -0.15) is 0 Å². The van der Waals surface area contributed by atoms with Crippen molar-refractivity contribution in [1.29, 1.82) is 0 Å². The van der Waals surface area contributed by atoms with Crippen molar-refractivity contribution in [3.63, 3.8) is 0 Å². The second-order valence-corrected chi connectivity index (χ2v) is 4.89. The quantitative estimate of drug-likeness (QED) is 0.605. The molecule has 0 spiro atoms. The summed E-state index contributed by atoms with van der Waals surface area (Å²) in [5, 5.41) is 0. The molecule has 2 heteroatoms. The van der Waals surface area contributed by atoms with E-state index in [4.69, 9.17) is 4.74 Å². The van der Waals surface area contributed by atoms with Gasteiger partial charge >= 0.3 is 5.97 Å². The maximum atomic E-state index is 11.2. The highest BCUT2D eigenvalue weighted by Gasteiger charge is 2.17. The average molecular weight is 214 g/mol. The smallest absolute Gasteiger partial charge is 0.308 e. The lowest BCUT2D eigenvalue weighted by atomic mass is 9.88. The lowest BCUT2D eigenvalue weighted by Crippen LogP contribution is -2.16. The van der Waals surface area contributed by atoms with Gasteiger partial charge in [0.25, 0.3) is 0 Å². The number of rotatable bonds is 7. The van der Waals surface area contributed by atoms with Crippen molar-refractivity contribution in [3.8, 4) is 0 Å². The Morgan fingerprint density at radius 2 is 1.73 bits per heavy atom. The van der Waals surface area contributed by atoms with Gasteiger partial charge in [0, 0.05) is 0 Å². The molecular weight excluding hydrogens is 188 g/mol. The molecular formula is C13H26O2. The summed E-state index contributed by atoms with van der Waals surface area (Å²) in [6, 6.07) is 0. The highest BCUT2D eigenvalue weighted by Crippen LogP contribution is 2.22. The molecule has 0 saturated carbocycles. The zero-order valence-corrected chi connectivity index (χ0v) is 10.9. The van der Waals surface area contributed by atoms with E-state index in [1.54, 1.807) is 0 Å². The lowest BCUT2D eigenvalue weighted by Gasteiger charge is -2.19. The molecule has 0 N–H and O–H groups in total. The van der Waals surface area contributed by atoms with Crippen molar-refractivity contribution in [2.75, 3.05) is 7.11 Å². The second-order valence-electron chi connectivity index (χ2n) is 4.89. The van der Waals surface area contributed by atoms with Crippen LogP contribution in [0.1, 0.15) is 53.4 Å². The minimum atomic E-state index is -0.0787. The van der Waals surface area contributed by atoms with Gasteiger partial charge in [-0.25, -0.2) is 0 Å². The molecule has 0 aromatic rings. The van der Waals surface area contributed by atoms with E-state index in [2.05, 4.69) is 20.8 Å². The summed E-state index contributed by atoms with van der Waals surface area (Å²) < 4.78 is 4.73. The Hall–Kier alpha value is -0.530. The summed E-state index contributed by atoms with van der Waals surface area (Å²) in [7, 11) is 1.46. The van der Waals surface area contributed by atoms with Gasteiger partial charge in [0.15, 0.2) is 0 Å². The highest BCUT2D eigenvalue weighted by molar-refractivity contribution is 5.71. The Morgan fingerprint density at radius 1 is 1.13 bits per heavy atom. The largest absolute Gasteiger partial charge is 0.469 e. The van der Waals surface area contributed by atoms with Crippen LogP contribution in [0.15, 0.2) is 0 Å². The molecule has 3 unspecified atom stereocenters. The number of methoxy groups -OCH3 is 1. The third kappa shape index (κ3) is 6.53. The molecule has 0 aliphatic rings. The second kappa shape index (κ2) is 7.72. The summed E-state index contributed by atoms with van der Waals surface area (Å²) in [6.07, 6.45) is 4.70. The predicted molar refractivity (Wildman–Crippen MR) is 63.7 cm³/mol. The number of ether oxygens (including phenoxy) is 1. The number of carbonyl (C=O) groups excluding carboxylic acids is 1. The molecule has 0 amide bonds. The number of hydrogen-bond acceptors (Lipinski definition) is 2. The maximum Gasteiger partial charge on any atom is 0.308 e. The van der Waals surface area contributed by atoms with Crippen LogP contribution in [0.4, 0.5) is 0 Å². The van der Waals surface area contributed by atoms with Crippen LogP contribution in [0.2, 0.25) is 0 Å². The highest BCUT2D eigenvalue weighted by atomic mass is 16.5. The first-order valence-corrected chi connectivity index (χ1v) is 6.09. The fourth-order valence-electron chi connectivity index (χ4n) is 2.29. The minimum Gasteiger partial charge on any atom is -0.469 e. The van der Waals surface area contributed by atoms with Gasteiger partial charge in [-0.05, 0) is 24.7 Å². The van der Waals surface area contributed by atoms with E-state index < -0.39 is 0 Å². The Balaban J connectivity index is 3.81. The molecule has 0 saturated heterocycles. The predicted octanol–water partition coefficient (Wildman–Crippen LogP) is 3.65. The van der Waals surface area contributed by atoms with Crippen molar-refractivity contribution >= 4 is 5.97 Å². The summed E-state index contributed by atoms with van der Waals surface area (Å²) in [4.78, 5) is 11.2. The monoisotopic (exact) mass is 214 g/mol. The van der Waals surface area contributed by atoms with Gasteiger partial charge in [0.05, 0.1) is 13.0 Å². The molecule has 0 radical (unpaired) electrons. The van der Waals surface area contributed by atoms with Crippen LogP contribution in [0.3, 0.4) is 0 Å². The standard InChI is InChI=1S/C13H26O2/c1-6-7-10(2)8-11(3)9-12(4)13(14)15-5/h10-12H,6-9H2,1-5H3. The van der Waals surface area contributed by atoms with E-state index in [1.807, 2.05) is 6.92 Å². The first kappa shape index (κ1) is 14.5. The van der Waals surface area contributed by atoms with E-state index >= 15 is 0 Å². The average Bonchev–Trinajstić information content (AvgIpc) is 2.16. The molecule has 90 valence electrons. The van der Waals surface area contributed by atoms with Gasteiger partial charge < -0.3 is 4.74 Å². The molecule has 0 aromatic carbocycles. The van der Waals surface area contributed by atoms with E-state index in [9.17, 15) is 4.79 Å². The van der Waals surface area contributed by atoms with E-state index in [-0.39, 0.29) is 11.9 Å². The molecule has 3 atom stereocenters. The van der Waals surface area contributed by atoms with Crippen LogP contribution in [-0.2, 0) is 9.53 Å². The molecule has 2 nitrogen and oxygen atoms in total. The van der Waals surface area contributed by atoms with Gasteiger partial charge in [-0.15, -0.1) is 0 Å². The Bertz CT molecular complexity index is 177. The normalized spacial score (nSPS) is 16.9. The van der Waals surface area contributed by atoms with Crippen molar-refractivity contribution in [3.05, 3.63) is 0 Å². The fourth-order valence-corrected chi connectivity index (χ4v) is 2.29. The third-order valence-electron chi connectivity index (χ3n) is 2.95. The summed E-state index contributed by atoms with van der Waals surface area (Å²) in [6.45, 7) is 8.69. The van der Waals surface area contributed by atoms with Crippen LogP contribution < -0.4 is 0 Å². The Kier molecular flexibility index (Phi) is 7.45. The number of hydrogen-bond donors (Lipinski definition) is 0. The minimum absolute atomic E-state index is 0.0406. The summed E-state index contributed by atoms with van der Waals surface area (Å²) >= 11 is 0. The SMILES string of the molecule is CCCC(C)CC(C)CC(C)C(=O)OC. The van der Waals surface area contributed by atoms with Gasteiger partial charge in [-0.1, -0.05) is 40.5 Å². The molecule has 0 fully saturated rings. The molecule has 0 aromatic heterocycles. The van der Waals surface area contributed by atoms with Crippen LogP contribution in [-0.4, -0.2) is 13.1 Å². The van der Waals surface area contributed by atoms with E-state index in [0.717, 1.165) is 12.3 Å². The molecule has 0 aliphatic carbocycles. The van der Waals surface area contributed by atoms with Crippen molar-refractivity contribution < 1.29 is 9.53 Å². The molecule has 15 heavy (non-hydrogen) atoms. The number of carbonyl (C=O) groups is 1. The zero-order chi connectivity index (χ0) is 11.8. The van der Waals surface area contributed by atoms with Crippen LogP contribution >= 0.6 is 0 Å². The zero-order valence-electron chi connectivity index (χ0n) is 10.9. The Morgan fingerprint density at radius 3 is 2.20 bits per heavy atom. The van der Waals surface area contributed by atoms with Crippen LogP contribution in [0.5, 0.6) is 0 Å². The molecule has 0 aliphatic heterocycles. The van der Waals surface area contributed by atoms with Crippen LogP contribution in [0.25, 0.3) is 0 Å². The van der Waals surface area contributed by atoms with Gasteiger partial charge in [-0.3, -0.25) is 4.79 Å². The van der Waals surface area contributed by atoms with Gasteiger partial charge in [0.2, 0.25) is 0 Å². The maximum absolute atomic E-state index is 11.2. The lowest BCUT2D eigenvalue weighted by molar-refractivity contribution is -0.145. The van der Waals surface area contributed by atoms with E-state index in [0.29, 0.717) is 5.92 Å². The van der Waals surface area contributed by atoms with Crippen LogP contribution in [0, 0.1) is 17.8 Å². The van der Waals surface area contributed by atoms with Gasteiger partial charge in [0.1, 0.15) is 0 Å². The third-order valence-corrected chi connectivity index (χ3v) is 2.95. The Labute approximate surface area is 94.4 Å². The summed E-state index contributed by atoms with van der Waals surface area (Å²) in [5.74, 6) is 1.35. The number of esters is 1. The van der Waals surface area contributed by atoms with Crippen molar-refractivity contribution in [2.45, 2.75) is 53.4 Å². The molecule has 0 heterocycles. The van der Waals surface area contributed by atoms with E-state index in [1.165, 1.54) is 26.4 Å². The first-order chi connectivity index (χ1) is 7.01. The first-order valence-electron chi connectivity index (χ1n) is 6.09. The summed E-state index contributed by atoms with van der Waals surface area (Å²) in [5.41, 5.74) is 0. The molecule has 0 bridgehead atoms. The van der Waals surface area contributed by atoms with Crippen molar-refractivity contribution in [1.82, 2.24) is 0 Å². The fraction of sp³-hybridized carbons (Fsp3) is 0.923. The van der Waals surface area contributed by atoms with Crippen molar-refractivity contribution in [2.24, 2.45) is 17.8 Å².